The van der Waals surface area contributed by atoms with E-state index in [1.54, 1.807) is 18.2 Å². The highest BCUT2D eigenvalue weighted by atomic mass is 16.5. The molecule has 3 fully saturated rings. The van der Waals surface area contributed by atoms with Crippen molar-refractivity contribution < 1.29 is 19.1 Å². The van der Waals surface area contributed by atoms with Crippen molar-refractivity contribution in [1.82, 2.24) is 0 Å². The van der Waals surface area contributed by atoms with E-state index in [0.29, 0.717) is 17.9 Å². The lowest BCUT2D eigenvalue weighted by Gasteiger charge is -2.48. The Morgan fingerprint density at radius 2 is 1.76 bits per heavy atom. The van der Waals surface area contributed by atoms with Crippen LogP contribution in [0.1, 0.15) is 62.7 Å². The number of ketones is 2. The highest BCUT2D eigenvalue weighted by Gasteiger charge is 2.65. The number of carbonyl (C=O) groups is 3. The van der Waals surface area contributed by atoms with Gasteiger partial charge in [-0.15, -0.1) is 0 Å². The SMILES string of the molecule is CC12CCC(=O)C=C1C(=O)C1C2CCC2(C)C(OC(=O)c3ccccc3)CCC12. The second kappa shape index (κ2) is 6.38. The summed E-state index contributed by atoms with van der Waals surface area (Å²) >= 11 is 0. The van der Waals surface area contributed by atoms with Crippen LogP contribution in [0, 0.1) is 28.6 Å². The number of benzene rings is 1. The molecular weight excluding hydrogens is 364 g/mol. The summed E-state index contributed by atoms with van der Waals surface area (Å²) in [6.07, 6.45) is 6.48. The Hall–Kier alpha value is -2.23. The van der Waals surface area contributed by atoms with E-state index >= 15 is 0 Å². The lowest BCUT2D eigenvalue weighted by atomic mass is 9.56. The number of hydrogen-bond donors (Lipinski definition) is 0. The summed E-state index contributed by atoms with van der Waals surface area (Å²) in [6, 6.07) is 9.13. The van der Waals surface area contributed by atoms with E-state index in [1.807, 2.05) is 18.2 Å². The largest absolute Gasteiger partial charge is 0.458 e. The fourth-order valence-corrected chi connectivity index (χ4v) is 6.97. The lowest BCUT2D eigenvalue weighted by Crippen LogP contribution is -2.46. The van der Waals surface area contributed by atoms with Crippen LogP contribution in [0.2, 0.25) is 0 Å². The molecule has 0 radical (unpaired) electrons. The van der Waals surface area contributed by atoms with Crippen LogP contribution in [0.4, 0.5) is 0 Å². The average molecular weight is 392 g/mol. The molecule has 4 nitrogen and oxygen atoms in total. The third-order valence-electron chi connectivity index (χ3n) is 8.64. The first kappa shape index (κ1) is 18.8. The second-order valence-electron chi connectivity index (χ2n) is 9.93. The molecule has 29 heavy (non-hydrogen) atoms. The van der Waals surface area contributed by atoms with Gasteiger partial charge in [-0.05, 0) is 62.1 Å². The molecule has 1 aromatic carbocycles. The maximum atomic E-state index is 13.4. The van der Waals surface area contributed by atoms with Crippen LogP contribution in [-0.2, 0) is 14.3 Å². The van der Waals surface area contributed by atoms with E-state index in [4.69, 9.17) is 4.74 Å². The van der Waals surface area contributed by atoms with E-state index in [2.05, 4.69) is 13.8 Å². The molecule has 0 aliphatic heterocycles. The van der Waals surface area contributed by atoms with Crippen LogP contribution in [0.25, 0.3) is 0 Å². The topological polar surface area (TPSA) is 60.4 Å². The van der Waals surface area contributed by atoms with Crippen molar-refractivity contribution in [2.75, 3.05) is 0 Å². The van der Waals surface area contributed by atoms with Crippen molar-refractivity contribution in [3.05, 3.63) is 47.5 Å². The summed E-state index contributed by atoms with van der Waals surface area (Å²) in [7, 11) is 0. The summed E-state index contributed by atoms with van der Waals surface area (Å²) in [5.74, 6) is 0.518. The maximum absolute atomic E-state index is 13.4. The van der Waals surface area contributed by atoms with E-state index in [-0.39, 0.29) is 46.3 Å². The molecule has 0 saturated heterocycles. The van der Waals surface area contributed by atoms with Crippen LogP contribution >= 0.6 is 0 Å². The minimum atomic E-state index is -0.272. The monoisotopic (exact) mass is 392 g/mol. The van der Waals surface area contributed by atoms with Gasteiger partial charge < -0.3 is 4.74 Å². The highest BCUT2D eigenvalue weighted by Crippen LogP contribution is 2.66. The molecule has 4 aliphatic carbocycles. The Balaban J connectivity index is 1.42. The van der Waals surface area contributed by atoms with Crippen molar-refractivity contribution in [1.29, 1.82) is 0 Å². The zero-order valence-corrected chi connectivity index (χ0v) is 17.1. The van der Waals surface area contributed by atoms with Crippen LogP contribution in [0.5, 0.6) is 0 Å². The van der Waals surface area contributed by atoms with Crippen molar-refractivity contribution in [3.8, 4) is 0 Å². The highest BCUT2D eigenvalue weighted by molar-refractivity contribution is 6.08. The Bertz CT molecular complexity index is 916. The van der Waals surface area contributed by atoms with Gasteiger partial charge in [0.05, 0.1) is 5.56 Å². The fourth-order valence-electron chi connectivity index (χ4n) is 6.97. The van der Waals surface area contributed by atoms with Crippen molar-refractivity contribution in [2.45, 2.75) is 58.5 Å². The van der Waals surface area contributed by atoms with Gasteiger partial charge in [-0.3, -0.25) is 9.59 Å². The zero-order valence-electron chi connectivity index (χ0n) is 17.1. The first-order valence-electron chi connectivity index (χ1n) is 10.9. The zero-order chi connectivity index (χ0) is 20.4. The molecule has 4 aliphatic rings. The molecule has 3 saturated carbocycles. The molecule has 0 bridgehead atoms. The molecular formula is C25H28O4. The number of fused-ring (bicyclic) bond motifs is 5. The molecule has 1 aromatic rings. The number of Topliss-reactive ketones (excluding diaryl/α,β-unsaturated/α-hetero) is 1. The number of ether oxygens (including phenoxy) is 1. The minimum Gasteiger partial charge on any atom is -0.458 e. The summed E-state index contributed by atoms with van der Waals surface area (Å²) in [4.78, 5) is 38.1. The van der Waals surface area contributed by atoms with Crippen LogP contribution < -0.4 is 0 Å². The van der Waals surface area contributed by atoms with Gasteiger partial charge in [0.1, 0.15) is 6.10 Å². The van der Waals surface area contributed by atoms with Crippen molar-refractivity contribution in [2.24, 2.45) is 28.6 Å². The predicted molar refractivity (Wildman–Crippen MR) is 108 cm³/mol. The Morgan fingerprint density at radius 3 is 2.52 bits per heavy atom. The molecule has 0 heterocycles. The van der Waals surface area contributed by atoms with E-state index in [0.717, 1.165) is 37.7 Å². The van der Waals surface area contributed by atoms with Gasteiger partial charge in [-0.2, -0.15) is 0 Å². The summed E-state index contributed by atoms with van der Waals surface area (Å²) in [5, 5.41) is 0. The van der Waals surface area contributed by atoms with E-state index < -0.39 is 0 Å². The minimum absolute atomic E-state index is 0.0312. The molecule has 5 rings (SSSR count). The quantitative estimate of drug-likeness (QED) is 0.694. The number of rotatable bonds is 2. The summed E-state index contributed by atoms with van der Waals surface area (Å²) in [6.45, 7) is 4.40. The van der Waals surface area contributed by atoms with Gasteiger partial charge in [-0.1, -0.05) is 32.0 Å². The first-order valence-corrected chi connectivity index (χ1v) is 10.9. The average Bonchev–Trinajstić information content (AvgIpc) is 3.15. The molecule has 152 valence electrons. The molecule has 6 atom stereocenters. The van der Waals surface area contributed by atoms with Crippen molar-refractivity contribution in [3.63, 3.8) is 0 Å². The van der Waals surface area contributed by atoms with E-state index in [1.165, 1.54) is 0 Å². The lowest BCUT2D eigenvalue weighted by molar-refractivity contribution is -0.126. The van der Waals surface area contributed by atoms with Gasteiger partial charge in [0.2, 0.25) is 0 Å². The van der Waals surface area contributed by atoms with E-state index in [9.17, 15) is 14.4 Å². The molecule has 0 aromatic heterocycles. The van der Waals surface area contributed by atoms with Gasteiger partial charge >= 0.3 is 5.97 Å². The van der Waals surface area contributed by atoms with Crippen LogP contribution in [0.3, 0.4) is 0 Å². The molecule has 0 amide bonds. The van der Waals surface area contributed by atoms with Crippen molar-refractivity contribution >= 4 is 17.5 Å². The molecule has 0 N–H and O–H groups in total. The maximum Gasteiger partial charge on any atom is 0.338 e. The molecule has 6 unspecified atom stereocenters. The standard InChI is InChI=1S/C25H28O4/c1-24-12-10-16(26)14-19(24)22(27)21-17-8-9-20(25(17,2)13-11-18(21)24)29-23(28)15-6-4-3-5-7-15/h3-7,14,17-18,20-21H,8-13H2,1-2H3. The fraction of sp³-hybridized carbons (Fsp3) is 0.560. The predicted octanol–water partition coefficient (Wildman–Crippen LogP) is 4.53. The summed E-state index contributed by atoms with van der Waals surface area (Å²) in [5.41, 5.74) is 1.02. The molecule has 0 spiro atoms. The number of hydrogen-bond acceptors (Lipinski definition) is 4. The molecule has 4 heteroatoms. The van der Waals surface area contributed by atoms with Gasteiger partial charge in [0, 0.05) is 28.7 Å². The van der Waals surface area contributed by atoms with Crippen LogP contribution in [0.15, 0.2) is 42.0 Å². The van der Waals surface area contributed by atoms with Gasteiger partial charge in [0.15, 0.2) is 11.6 Å². The number of esters is 1. The Morgan fingerprint density at radius 1 is 1.00 bits per heavy atom. The van der Waals surface area contributed by atoms with Gasteiger partial charge in [-0.25, -0.2) is 4.79 Å². The number of allylic oxidation sites excluding steroid dienone is 2. The third-order valence-corrected chi connectivity index (χ3v) is 8.64. The van der Waals surface area contributed by atoms with Crippen LogP contribution in [-0.4, -0.2) is 23.6 Å². The van der Waals surface area contributed by atoms with Gasteiger partial charge in [0.25, 0.3) is 0 Å². The first-order chi connectivity index (χ1) is 13.8. The Labute approximate surface area is 171 Å². The summed E-state index contributed by atoms with van der Waals surface area (Å²) < 4.78 is 6.00. The number of carbonyl (C=O) groups excluding carboxylic acids is 3. The third kappa shape index (κ3) is 2.60. The second-order valence-corrected chi connectivity index (χ2v) is 9.93. The Kier molecular flexibility index (Phi) is 4.13. The normalized spacial score (nSPS) is 40.7. The smallest absolute Gasteiger partial charge is 0.338 e.